The van der Waals surface area contributed by atoms with Gasteiger partial charge >= 0.3 is 0 Å². The van der Waals surface area contributed by atoms with Gasteiger partial charge in [-0.25, -0.2) is 16.8 Å². The van der Waals surface area contributed by atoms with Crippen LogP contribution in [-0.2, 0) is 19.9 Å². The van der Waals surface area contributed by atoms with Crippen molar-refractivity contribution in [2.75, 3.05) is 17.1 Å². The van der Waals surface area contributed by atoms with Gasteiger partial charge in [-0.1, -0.05) is 36.4 Å². The maximum absolute atomic E-state index is 13.7. The molecule has 13 heteroatoms. The van der Waals surface area contributed by atoms with Crippen LogP contribution in [0.15, 0.2) is 112 Å². The molecule has 0 unspecified atom stereocenters. The van der Waals surface area contributed by atoms with Crippen molar-refractivity contribution >= 4 is 42.8 Å². The van der Waals surface area contributed by atoms with Crippen LogP contribution in [-0.4, -0.2) is 34.8 Å². The Bertz CT molecular complexity index is 1760. The van der Waals surface area contributed by atoms with E-state index >= 15 is 0 Å². The zero-order valence-corrected chi connectivity index (χ0v) is 21.9. The Kier molecular flexibility index (Phi) is 7.65. The predicted molar refractivity (Wildman–Crippen MR) is 143 cm³/mol. The molecule has 200 valence electrons. The van der Waals surface area contributed by atoms with E-state index in [4.69, 9.17) is 4.74 Å². The summed E-state index contributed by atoms with van der Waals surface area (Å²) in [5, 5.41) is 13.6. The monoisotopic (exact) mass is 567 g/mol. The summed E-state index contributed by atoms with van der Waals surface area (Å²) in [6.07, 6.45) is 0. The lowest BCUT2D eigenvalue weighted by molar-refractivity contribution is -0.384. The number of amides is 1. The molecule has 0 radical (unpaired) electrons. The molecule has 0 aliphatic heterocycles. The number of anilines is 2. The van der Waals surface area contributed by atoms with Crippen molar-refractivity contribution in [3.63, 3.8) is 0 Å². The number of methoxy groups -OCH3 is 1. The first-order valence-corrected chi connectivity index (χ1v) is 14.2. The smallest absolute Gasteiger partial charge is 0.269 e. The molecule has 39 heavy (non-hydrogen) atoms. The fraction of sp³-hybridized carbons (Fsp3) is 0.0385. The van der Waals surface area contributed by atoms with Gasteiger partial charge in [0.25, 0.3) is 21.6 Å². The van der Waals surface area contributed by atoms with Gasteiger partial charge in [0, 0.05) is 12.1 Å². The molecule has 0 aliphatic carbocycles. The molecular formula is C26H21N3O8S2. The maximum Gasteiger partial charge on any atom is 0.269 e. The lowest BCUT2D eigenvalue weighted by atomic mass is 10.1. The summed E-state index contributed by atoms with van der Waals surface area (Å²) in [4.78, 5) is 23.0. The molecule has 0 saturated heterocycles. The Morgan fingerprint density at radius 2 is 1.38 bits per heavy atom. The first kappa shape index (κ1) is 27.3. The van der Waals surface area contributed by atoms with Gasteiger partial charge in [-0.3, -0.25) is 19.6 Å². The third-order valence-electron chi connectivity index (χ3n) is 5.55. The largest absolute Gasteiger partial charge is 0.495 e. The average molecular weight is 568 g/mol. The van der Waals surface area contributed by atoms with E-state index in [0.29, 0.717) is 0 Å². The standard InChI is InChI=1S/C26H21N3O8S2/c1-37-23-12-6-5-10-21(23)27-26(30)25-22(28-39(35,36)20-8-3-2-4-9-20)11-7-13-24(25)38(33,34)19-16-14-18(15-17-19)29(31)32/h2-17,28H,1H3,(H,27,30). The molecule has 4 rings (SSSR count). The van der Waals surface area contributed by atoms with Crippen LogP contribution < -0.4 is 14.8 Å². The summed E-state index contributed by atoms with van der Waals surface area (Å²) in [6, 6.07) is 21.5. The van der Waals surface area contributed by atoms with Crippen LogP contribution in [0.25, 0.3) is 0 Å². The van der Waals surface area contributed by atoms with Gasteiger partial charge in [0.1, 0.15) is 5.75 Å². The van der Waals surface area contributed by atoms with E-state index in [1.165, 1.54) is 49.6 Å². The van der Waals surface area contributed by atoms with E-state index < -0.39 is 41.1 Å². The highest BCUT2D eigenvalue weighted by Crippen LogP contribution is 2.33. The Balaban J connectivity index is 1.87. The van der Waals surface area contributed by atoms with E-state index in [-0.39, 0.29) is 32.6 Å². The van der Waals surface area contributed by atoms with Crippen molar-refractivity contribution in [1.29, 1.82) is 0 Å². The number of nitrogens with zero attached hydrogens (tertiary/aromatic N) is 1. The first-order valence-electron chi connectivity index (χ1n) is 11.2. The molecular weight excluding hydrogens is 546 g/mol. The summed E-state index contributed by atoms with van der Waals surface area (Å²) >= 11 is 0. The molecule has 1 amide bonds. The number of carbonyl (C=O) groups is 1. The second kappa shape index (κ2) is 10.9. The molecule has 11 nitrogen and oxygen atoms in total. The molecule has 2 N–H and O–H groups in total. The van der Waals surface area contributed by atoms with E-state index in [1.54, 1.807) is 24.3 Å². The second-order valence-corrected chi connectivity index (χ2v) is 11.6. The number of rotatable bonds is 9. The number of ether oxygens (including phenoxy) is 1. The molecule has 0 bridgehead atoms. The Labute approximate surface area is 224 Å². The minimum atomic E-state index is -4.46. The van der Waals surface area contributed by atoms with Crippen LogP contribution in [0.2, 0.25) is 0 Å². The third kappa shape index (κ3) is 5.73. The summed E-state index contributed by atoms with van der Waals surface area (Å²) in [6.45, 7) is 0. The van der Waals surface area contributed by atoms with Crippen molar-refractivity contribution in [1.82, 2.24) is 0 Å². The van der Waals surface area contributed by atoms with Crippen LogP contribution in [0.4, 0.5) is 17.1 Å². The number of nitro benzene ring substituents is 1. The van der Waals surface area contributed by atoms with Crippen LogP contribution in [0.1, 0.15) is 10.4 Å². The van der Waals surface area contributed by atoms with Crippen molar-refractivity contribution < 1.29 is 31.3 Å². The normalized spacial score (nSPS) is 11.4. The third-order valence-corrected chi connectivity index (χ3v) is 8.75. The minimum Gasteiger partial charge on any atom is -0.495 e. The zero-order valence-electron chi connectivity index (χ0n) is 20.3. The van der Waals surface area contributed by atoms with Crippen LogP contribution in [0.5, 0.6) is 5.75 Å². The Morgan fingerprint density at radius 1 is 0.769 bits per heavy atom. The quantitative estimate of drug-likeness (QED) is 0.221. The number of carbonyl (C=O) groups excluding carboxylic acids is 1. The first-order chi connectivity index (χ1) is 18.5. The van der Waals surface area contributed by atoms with Gasteiger partial charge in [-0.15, -0.1) is 0 Å². The molecule has 4 aromatic rings. The summed E-state index contributed by atoms with van der Waals surface area (Å²) in [5.41, 5.74) is -0.896. The highest BCUT2D eigenvalue weighted by atomic mass is 32.2. The van der Waals surface area contributed by atoms with E-state index in [1.807, 2.05) is 0 Å². The number of hydrogen-bond donors (Lipinski definition) is 2. The van der Waals surface area contributed by atoms with Crippen molar-refractivity contribution in [2.45, 2.75) is 14.7 Å². The van der Waals surface area contributed by atoms with Gasteiger partial charge in [-0.05, 0) is 48.5 Å². The minimum absolute atomic E-state index is 0.107. The molecule has 0 aromatic heterocycles. The van der Waals surface area contributed by atoms with Crippen LogP contribution in [0.3, 0.4) is 0 Å². The SMILES string of the molecule is COc1ccccc1NC(=O)c1c(NS(=O)(=O)c2ccccc2)cccc1S(=O)(=O)c1ccc([N+](=O)[O-])cc1. The fourth-order valence-corrected chi connectivity index (χ4v) is 6.25. The van der Waals surface area contributed by atoms with Gasteiger partial charge in [0.15, 0.2) is 0 Å². The van der Waals surface area contributed by atoms with Crippen molar-refractivity contribution in [3.8, 4) is 5.75 Å². The Morgan fingerprint density at radius 3 is 2.03 bits per heavy atom. The number of nitrogens with one attached hydrogen (secondary N) is 2. The van der Waals surface area contributed by atoms with Crippen molar-refractivity contribution in [3.05, 3.63) is 113 Å². The second-order valence-electron chi connectivity index (χ2n) is 8.01. The number of sulfone groups is 1. The highest BCUT2D eigenvalue weighted by molar-refractivity contribution is 7.93. The zero-order chi connectivity index (χ0) is 28.2. The van der Waals surface area contributed by atoms with Crippen molar-refractivity contribution in [2.24, 2.45) is 0 Å². The molecule has 0 fully saturated rings. The number of nitro groups is 1. The predicted octanol–water partition coefficient (Wildman–Crippen LogP) is 4.49. The number of non-ortho nitro benzene ring substituents is 1. The van der Waals surface area contributed by atoms with Crippen LogP contribution >= 0.6 is 0 Å². The van der Waals surface area contributed by atoms with Crippen LogP contribution in [0, 0.1) is 10.1 Å². The molecule has 0 aliphatic rings. The number of para-hydroxylation sites is 2. The Hall–Kier alpha value is -4.75. The van der Waals surface area contributed by atoms with Gasteiger partial charge in [0.2, 0.25) is 9.84 Å². The molecule has 4 aromatic carbocycles. The summed E-state index contributed by atoms with van der Waals surface area (Å²) < 4.78 is 61.0. The van der Waals surface area contributed by atoms with Gasteiger partial charge in [-0.2, -0.15) is 0 Å². The topological polar surface area (TPSA) is 162 Å². The average Bonchev–Trinajstić information content (AvgIpc) is 2.93. The molecule has 0 saturated carbocycles. The lowest BCUT2D eigenvalue weighted by Crippen LogP contribution is -2.22. The van der Waals surface area contributed by atoms with E-state index in [9.17, 15) is 31.7 Å². The molecule has 0 atom stereocenters. The summed E-state index contributed by atoms with van der Waals surface area (Å²) in [5.74, 6) is -0.653. The van der Waals surface area contributed by atoms with E-state index in [0.717, 1.165) is 30.3 Å². The molecule has 0 spiro atoms. The van der Waals surface area contributed by atoms with E-state index in [2.05, 4.69) is 10.0 Å². The molecule has 0 heterocycles. The summed E-state index contributed by atoms with van der Waals surface area (Å²) in [7, 11) is -7.29. The fourth-order valence-electron chi connectivity index (χ4n) is 3.68. The highest BCUT2D eigenvalue weighted by Gasteiger charge is 2.29. The number of hydrogen-bond acceptors (Lipinski definition) is 8. The number of benzene rings is 4. The van der Waals surface area contributed by atoms with Gasteiger partial charge in [0.05, 0.1) is 43.7 Å². The number of sulfonamides is 1. The maximum atomic E-state index is 13.7. The lowest BCUT2D eigenvalue weighted by Gasteiger charge is -2.17. The van der Waals surface area contributed by atoms with Gasteiger partial charge < -0.3 is 10.1 Å².